The van der Waals surface area contributed by atoms with Crippen LogP contribution in [0.3, 0.4) is 0 Å². The van der Waals surface area contributed by atoms with E-state index in [1.807, 2.05) is 0 Å². The third-order valence-corrected chi connectivity index (χ3v) is 6.46. The monoisotopic (exact) mass is 549 g/mol. The van der Waals surface area contributed by atoms with Crippen molar-refractivity contribution in [3.63, 3.8) is 0 Å². The van der Waals surface area contributed by atoms with E-state index in [-0.39, 0.29) is 5.56 Å². The quantitative estimate of drug-likeness (QED) is 0.113. The molecule has 39 heavy (non-hydrogen) atoms. The summed E-state index contributed by atoms with van der Waals surface area (Å²) in [5.74, 6) is 0.556. The Morgan fingerprint density at radius 3 is 1.97 bits per heavy atom. The van der Waals surface area contributed by atoms with Gasteiger partial charge in [0.25, 0.3) is 11.4 Å². The zero-order valence-electron chi connectivity index (χ0n) is 20.7. The maximum Gasteiger partial charge on any atom is 0.277 e. The van der Waals surface area contributed by atoms with Crippen molar-refractivity contribution in [1.82, 2.24) is 15.0 Å². The molecular weight excluding hydrogens is 530 g/mol. The zero-order valence-corrected chi connectivity index (χ0v) is 21.5. The number of nitro benzene ring substituents is 2. The predicted molar refractivity (Wildman–Crippen MR) is 141 cm³/mol. The summed E-state index contributed by atoms with van der Waals surface area (Å²) >= 11 is 1.24. The molecule has 2 heterocycles. The number of ether oxygens (including phenoxy) is 3. The molecule has 0 saturated heterocycles. The molecule has 0 spiro atoms. The minimum atomic E-state index is -0.799. The summed E-state index contributed by atoms with van der Waals surface area (Å²) in [5, 5.41) is 22.8. The van der Waals surface area contributed by atoms with Crippen LogP contribution < -0.4 is 14.2 Å². The number of non-ortho nitro benzene ring substituents is 2. The maximum absolute atomic E-state index is 12.8. The van der Waals surface area contributed by atoms with Crippen molar-refractivity contribution in [2.24, 2.45) is 0 Å². The van der Waals surface area contributed by atoms with Crippen molar-refractivity contribution in [3.05, 3.63) is 85.9 Å². The molecule has 0 aliphatic rings. The highest BCUT2D eigenvalue weighted by molar-refractivity contribution is 7.16. The molecule has 14 heteroatoms. The van der Waals surface area contributed by atoms with Crippen LogP contribution in [0.1, 0.15) is 15.4 Å². The zero-order chi connectivity index (χ0) is 28.1. The van der Waals surface area contributed by atoms with Gasteiger partial charge in [0.1, 0.15) is 11.3 Å². The Kier molecular flexibility index (Phi) is 7.86. The second-order valence-corrected chi connectivity index (χ2v) is 8.75. The molecule has 0 radical (unpaired) electrons. The molecule has 0 amide bonds. The molecule has 0 aliphatic carbocycles. The number of ketones is 1. The minimum Gasteiger partial charge on any atom is -0.493 e. The lowest BCUT2D eigenvalue weighted by molar-refractivity contribution is -0.394. The summed E-state index contributed by atoms with van der Waals surface area (Å²) in [6.07, 6.45) is 7.19. The van der Waals surface area contributed by atoms with E-state index in [1.165, 1.54) is 45.1 Å². The van der Waals surface area contributed by atoms with Gasteiger partial charge >= 0.3 is 0 Å². The highest BCUT2D eigenvalue weighted by atomic mass is 32.1. The van der Waals surface area contributed by atoms with Gasteiger partial charge in [-0.1, -0.05) is 0 Å². The topological polar surface area (TPSA) is 170 Å². The highest BCUT2D eigenvalue weighted by Gasteiger charge is 2.21. The molecule has 0 aliphatic heterocycles. The second-order valence-electron chi connectivity index (χ2n) is 7.72. The van der Waals surface area contributed by atoms with Crippen molar-refractivity contribution < 1.29 is 28.9 Å². The number of allylic oxidation sites excluding steroid dienone is 1. The van der Waals surface area contributed by atoms with Crippen LogP contribution in [0.2, 0.25) is 0 Å². The number of aromatic nitrogens is 3. The molecular formula is C25H19N5O8S. The van der Waals surface area contributed by atoms with Gasteiger partial charge in [0.2, 0.25) is 5.75 Å². The molecule has 13 nitrogen and oxygen atoms in total. The molecule has 198 valence electrons. The van der Waals surface area contributed by atoms with E-state index in [4.69, 9.17) is 14.2 Å². The largest absolute Gasteiger partial charge is 0.493 e. The van der Waals surface area contributed by atoms with E-state index in [9.17, 15) is 25.0 Å². The first-order valence-electron chi connectivity index (χ1n) is 11.0. The SMILES string of the molecule is COc1cc(-c2nc(/C=C/C(=O)c3cc([N+](=O)[O-])cc([N+](=O)[O-])c3)sc2-c2cncnc2)cc(OC)c1OC. The molecule has 0 fully saturated rings. The van der Waals surface area contributed by atoms with Gasteiger partial charge in [-0.05, 0) is 24.3 Å². The smallest absolute Gasteiger partial charge is 0.277 e. The van der Waals surface area contributed by atoms with Crippen LogP contribution in [0, 0.1) is 20.2 Å². The first-order chi connectivity index (χ1) is 18.7. The van der Waals surface area contributed by atoms with Gasteiger partial charge in [0.05, 0.1) is 47.8 Å². The van der Waals surface area contributed by atoms with Crippen LogP contribution in [0.4, 0.5) is 11.4 Å². The Morgan fingerprint density at radius 1 is 0.872 bits per heavy atom. The number of carbonyl (C=O) groups excluding carboxylic acids is 1. The van der Waals surface area contributed by atoms with Gasteiger partial charge in [-0.15, -0.1) is 11.3 Å². The van der Waals surface area contributed by atoms with Crippen LogP contribution in [-0.2, 0) is 0 Å². The van der Waals surface area contributed by atoms with Gasteiger partial charge in [0, 0.05) is 41.2 Å². The number of hydrogen-bond donors (Lipinski definition) is 0. The van der Waals surface area contributed by atoms with Crippen molar-refractivity contribution in [2.75, 3.05) is 21.3 Å². The molecule has 0 bridgehead atoms. The molecule has 0 saturated carbocycles. The summed E-state index contributed by atoms with van der Waals surface area (Å²) in [6.45, 7) is 0. The Morgan fingerprint density at radius 2 is 1.46 bits per heavy atom. The van der Waals surface area contributed by atoms with Gasteiger partial charge in [-0.2, -0.15) is 0 Å². The summed E-state index contributed by atoms with van der Waals surface area (Å²) < 4.78 is 16.3. The minimum absolute atomic E-state index is 0.203. The van der Waals surface area contributed by atoms with E-state index < -0.39 is 27.0 Å². The lowest BCUT2D eigenvalue weighted by Gasteiger charge is -2.14. The standard InChI is InChI=1S/C25H19N5O8S/c1-36-20-8-15(9-21(37-2)24(20)38-3)23-25(16-11-26-13-27-12-16)39-22(28-23)5-4-19(31)14-6-17(29(32)33)10-18(7-14)30(34)35/h4-13H,1-3H3/b5-4+. The molecule has 4 aromatic rings. The van der Waals surface area contributed by atoms with E-state index in [0.29, 0.717) is 44.0 Å². The number of methoxy groups -OCH3 is 3. The summed E-state index contributed by atoms with van der Waals surface area (Å²) in [6, 6.07) is 6.21. The molecule has 2 aromatic carbocycles. The third kappa shape index (κ3) is 5.70. The maximum atomic E-state index is 12.8. The Labute approximate surface area is 224 Å². The molecule has 0 atom stereocenters. The number of carbonyl (C=O) groups is 1. The van der Waals surface area contributed by atoms with Crippen molar-refractivity contribution in [2.45, 2.75) is 0 Å². The van der Waals surface area contributed by atoms with E-state index in [2.05, 4.69) is 15.0 Å². The summed E-state index contributed by atoms with van der Waals surface area (Å²) in [7, 11) is 4.48. The predicted octanol–water partition coefficient (Wildman–Crippen LogP) is 5.01. The first kappa shape index (κ1) is 26.8. The number of hydrogen-bond acceptors (Lipinski definition) is 12. The Bertz CT molecular complexity index is 1550. The van der Waals surface area contributed by atoms with Crippen LogP contribution in [0.15, 0.2) is 55.1 Å². The number of thiazole rings is 1. The number of rotatable bonds is 10. The highest BCUT2D eigenvalue weighted by Crippen LogP contribution is 2.44. The summed E-state index contributed by atoms with van der Waals surface area (Å²) in [5.41, 5.74) is 0.480. The molecule has 2 aromatic heterocycles. The van der Waals surface area contributed by atoms with Gasteiger partial charge in [0.15, 0.2) is 17.3 Å². The number of benzene rings is 2. The van der Waals surface area contributed by atoms with E-state index in [0.717, 1.165) is 24.3 Å². The lowest BCUT2D eigenvalue weighted by atomic mass is 10.1. The van der Waals surface area contributed by atoms with E-state index in [1.54, 1.807) is 24.5 Å². The molecule has 0 N–H and O–H groups in total. The Hall–Kier alpha value is -5.24. The fourth-order valence-electron chi connectivity index (χ4n) is 3.62. The van der Waals surface area contributed by atoms with Gasteiger partial charge in [-0.25, -0.2) is 15.0 Å². The lowest BCUT2D eigenvalue weighted by Crippen LogP contribution is -1.99. The average Bonchev–Trinajstić information content (AvgIpc) is 3.39. The van der Waals surface area contributed by atoms with Crippen LogP contribution in [-0.4, -0.2) is 51.9 Å². The third-order valence-electron chi connectivity index (χ3n) is 5.39. The van der Waals surface area contributed by atoms with Crippen LogP contribution in [0.5, 0.6) is 17.2 Å². The fraction of sp³-hybridized carbons (Fsp3) is 0.120. The van der Waals surface area contributed by atoms with Gasteiger partial charge < -0.3 is 14.2 Å². The van der Waals surface area contributed by atoms with Crippen LogP contribution in [0.25, 0.3) is 27.8 Å². The Balaban J connectivity index is 1.79. The van der Waals surface area contributed by atoms with E-state index >= 15 is 0 Å². The second kappa shape index (κ2) is 11.4. The molecule has 0 unspecified atom stereocenters. The van der Waals surface area contributed by atoms with Crippen molar-refractivity contribution >= 4 is 34.6 Å². The van der Waals surface area contributed by atoms with Gasteiger partial charge in [-0.3, -0.25) is 25.0 Å². The van der Waals surface area contributed by atoms with Crippen molar-refractivity contribution in [1.29, 1.82) is 0 Å². The summed E-state index contributed by atoms with van der Waals surface area (Å²) in [4.78, 5) is 47.1. The average molecular weight is 550 g/mol. The van der Waals surface area contributed by atoms with Crippen molar-refractivity contribution in [3.8, 4) is 38.9 Å². The number of nitrogens with zero attached hydrogens (tertiary/aromatic N) is 5. The number of nitro groups is 2. The first-order valence-corrected chi connectivity index (χ1v) is 11.8. The van der Waals surface area contributed by atoms with Crippen LogP contribution >= 0.6 is 11.3 Å². The fourth-order valence-corrected chi connectivity index (χ4v) is 4.59. The normalized spacial score (nSPS) is 10.8. The molecule has 4 rings (SSSR count).